The van der Waals surface area contributed by atoms with Gasteiger partial charge in [0.05, 0.1) is 17.9 Å². The predicted molar refractivity (Wildman–Crippen MR) is 58.4 cm³/mol. The van der Waals surface area contributed by atoms with Crippen molar-refractivity contribution in [3.8, 4) is 6.07 Å². The lowest BCUT2D eigenvalue weighted by atomic mass is 9.91. The normalized spacial score (nSPS) is 13.4. The number of nitrogens with two attached hydrogens (primary N) is 1. The van der Waals surface area contributed by atoms with E-state index in [2.05, 4.69) is 11.5 Å². The van der Waals surface area contributed by atoms with Gasteiger partial charge in [0.15, 0.2) is 0 Å². The van der Waals surface area contributed by atoms with Gasteiger partial charge in [-0.15, -0.1) is 0 Å². The second-order valence-corrected chi connectivity index (χ2v) is 4.48. The molecule has 0 fully saturated rings. The van der Waals surface area contributed by atoms with Crippen molar-refractivity contribution in [3.63, 3.8) is 0 Å². The van der Waals surface area contributed by atoms with E-state index in [1.54, 1.807) is 0 Å². The van der Waals surface area contributed by atoms with Crippen LogP contribution in [0.15, 0.2) is 0 Å². The van der Waals surface area contributed by atoms with E-state index < -0.39 is 5.41 Å². The van der Waals surface area contributed by atoms with Gasteiger partial charge in [-0.3, -0.25) is 10.2 Å². The summed E-state index contributed by atoms with van der Waals surface area (Å²) in [7, 11) is 1.90. The molecule has 0 heterocycles. The molecule has 0 saturated heterocycles. The lowest BCUT2D eigenvalue weighted by Crippen LogP contribution is -2.48. The summed E-state index contributed by atoms with van der Waals surface area (Å²) in [6.45, 7) is 6.17. The van der Waals surface area contributed by atoms with Gasteiger partial charge in [-0.25, -0.2) is 5.84 Å². The van der Waals surface area contributed by atoms with Crippen LogP contribution in [0.2, 0.25) is 0 Å². The summed E-state index contributed by atoms with van der Waals surface area (Å²) >= 11 is 0. The van der Waals surface area contributed by atoms with Crippen LogP contribution in [0.3, 0.4) is 0 Å². The van der Waals surface area contributed by atoms with Crippen molar-refractivity contribution in [2.24, 2.45) is 11.3 Å². The highest BCUT2D eigenvalue weighted by Crippen LogP contribution is 2.18. The van der Waals surface area contributed by atoms with Crippen LogP contribution in [0.4, 0.5) is 0 Å². The standard InChI is InChI=1S/C10H20N4O/c1-8(5-6-11)14(4)7-10(2,3)9(15)13-12/h8H,5,7,12H2,1-4H3,(H,13,15). The molecule has 1 atom stereocenters. The smallest absolute Gasteiger partial charge is 0.240 e. The highest BCUT2D eigenvalue weighted by molar-refractivity contribution is 5.81. The molecule has 0 radical (unpaired) electrons. The first-order chi connectivity index (χ1) is 6.85. The highest BCUT2D eigenvalue weighted by atomic mass is 16.2. The maximum atomic E-state index is 11.4. The molecule has 15 heavy (non-hydrogen) atoms. The molecule has 0 aliphatic heterocycles. The van der Waals surface area contributed by atoms with Crippen LogP contribution in [0.5, 0.6) is 0 Å². The summed E-state index contributed by atoms with van der Waals surface area (Å²) in [6, 6.07) is 2.25. The maximum Gasteiger partial charge on any atom is 0.240 e. The Labute approximate surface area is 91.2 Å². The zero-order chi connectivity index (χ0) is 12.1. The van der Waals surface area contributed by atoms with Crippen molar-refractivity contribution in [2.75, 3.05) is 13.6 Å². The van der Waals surface area contributed by atoms with Crippen molar-refractivity contribution >= 4 is 5.91 Å². The molecular formula is C10H20N4O. The number of carbonyl (C=O) groups is 1. The largest absolute Gasteiger partial charge is 0.302 e. The molecule has 0 aromatic heterocycles. The quantitative estimate of drug-likeness (QED) is 0.388. The van der Waals surface area contributed by atoms with Crippen LogP contribution >= 0.6 is 0 Å². The van der Waals surface area contributed by atoms with E-state index in [0.717, 1.165) is 0 Å². The van der Waals surface area contributed by atoms with Gasteiger partial charge in [-0.05, 0) is 27.8 Å². The summed E-state index contributed by atoms with van der Waals surface area (Å²) in [5.74, 6) is 4.90. The van der Waals surface area contributed by atoms with Crippen LogP contribution in [0.1, 0.15) is 27.2 Å². The van der Waals surface area contributed by atoms with Crippen LogP contribution in [0, 0.1) is 16.7 Å². The molecule has 0 aromatic rings. The first-order valence-electron chi connectivity index (χ1n) is 4.93. The Morgan fingerprint density at radius 3 is 2.60 bits per heavy atom. The third-order valence-electron chi connectivity index (χ3n) is 2.53. The first-order valence-corrected chi connectivity index (χ1v) is 4.93. The molecule has 5 nitrogen and oxygen atoms in total. The third-order valence-corrected chi connectivity index (χ3v) is 2.53. The minimum atomic E-state index is -0.548. The number of hydrogen-bond donors (Lipinski definition) is 2. The molecule has 0 aliphatic carbocycles. The van der Waals surface area contributed by atoms with E-state index in [1.165, 1.54) is 0 Å². The van der Waals surface area contributed by atoms with Crippen LogP contribution in [0.25, 0.3) is 0 Å². The Morgan fingerprint density at radius 2 is 2.20 bits per heavy atom. The molecule has 3 N–H and O–H groups in total. The zero-order valence-electron chi connectivity index (χ0n) is 9.87. The lowest BCUT2D eigenvalue weighted by Gasteiger charge is -2.31. The molecule has 1 amide bonds. The fourth-order valence-corrected chi connectivity index (χ4v) is 1.33. The monoisotopic (exact) mass is 212 g/mol. The van der Waals surface area contributed by atoms with Gasteiger partial charge in [-0.1, -0.05) is 0 Å². The molecule has 0 rings (SSSR count). The van der Waals surface area contributed by atoms with Gasteiger partial charge in [0.2, 0.25) is 5.91 Å². The van der Waals surface area contributed by atoms with E-state index in [9.17, 15) is 4.79 Å². The Bertz CT molecular complexity index is 257. The summed E-state index contributed by atoms with van der Waals surface area (Å²) in [6.07, 6.45) is 0.455. The van der Waals surface area contributed by atoms with E-state index in [4.69, 9.17) is 11.1 Å². The number of nitriles is 1. The minimum absolute atomic E-state index is 0.139. The third kappa shape index (κ3) is 4.28. The van der Waals surface area contributed by atoms with Crippen LogP contribution in [-0.2, 0) is 4.79 Å². The molecule has 0 aliphatic rings. The molecule has 86 valence electrons. The van der Waals surface area contributed by atoms with E-state index in [-0.39, 0.29) is 11.9 Å². The van der Waals surface area contributed by atoms with Gasteiger partial charge in [0.1, 0.15) is 0 Å². The van der Waals surface area contributed by atoms with Crippen LogP contribution < -0.4 is 11.3 Å². The van der Waals surface area contributed by atoms with Crippen molar-refractivity contribution in [1.82, 2.24) is 10.3 Å². The minimum Gasteiger partial charge on any atom is -0.302 e. The van der Waals surface area contributed by atoms with Gasteiger partial charge in [0, 0.05) is 12.6 Å². The number of nitrogens with zero attached hydrogens (tertiary/aromatic N) is 2. The van der Waals surface area contributed by atoms with Crippen LogP contribution in [-0.4, -0.2) is 30.4 Å². The summed E-state index contributed by atoms with van der Waals surface area (Å²) in [5.41, 5.74) is 1.60. The molecule has 0 bridgehead atoms. The van der Waals surface area contributed by atoms with Crippen molar-refractivity contribution < 1.29 is 4.79 Å². The van der Waals surface area contributed by atoms with Crippen molar-refractivity contribution in [1.29, 1.82) is 5.26 Å². The van der Waals surface area contributed by atoms with Crippen molar-refractivity contribution in [2.45, 2.75) is 33.2 Å². The van der Waals surface area contributed by atoms with Gasteiger partial charge in [0.25, 0.3) is 0 Å². The van der Waals surface area contributed by atoms with Gasteiger partial charge >= 0.3 is 0 Å². The number of rotatable bonds is 5. The Morgan fingerprint density at radius 1 is 1.67 bits per heavy atom. The summed E-state index contributed by atoms with van der Waals surface area (Å²) in [4.78, 5) is 13.4. The van der Waals surface area contributed by atoms with Gasteiger partial charge in [-0.2, -0.15) is 5.26 Å². The Hall–Kier alpha value is -1.12. The van der Waals surface area contributed by atoms with Crippen molar-refractivity contribution in [3.05, 3.63) is 0 Å². The summed E-state index contributed by atoms with van der Waals surface area (Å²) in [5, 5.41) is 8.56. The zero-order valence-corrected chi connectivity index (χ0v) is 9.87. The molecule has 0 saturated carbocycles. The second-order valence-electron chi connectivity index (χ2n) is 4.48. The SMILES string of the molecule is CC(CC#N)N(C)CC(C)(C)C(=O)NN. The number of amides is 1. The molecule has 0 aromatic carbocycles. The molecule has 5 heteroatoms. The second kappa shape index (κ2) is 5.69. The number of carbonyl (C=O) groups excluding carboxylic acids is 1. The Balaban J connectivity index is 4.33. The van der Waals surface area contributed by atoms with E-state index >= 15 is 0 Å². The highest BCUT2D eigenvalue weighted by Gasteiger charge is 2.29. The topological polar surface area (TPSA) is 82.2 Å². The fraction of sp³-hybridized carbons (Fsp3) is 0.800. The van der Waals surface area contributed by atoms with Gasteiger partial charge < -0.3 is 4.90 Å². The maximum absolute atomic E-state index is 11.4. The first kappa shape index (κ1) is 13.9. The lowest BCUT2D eigenvalue weighted by molar-refractivity contribution is -0.130. The molecule has 0 spiro atoms. The average molecular weight is 212 g/mol. The molecule has 1 unspecified atom stereocenters. The Kier molecular flexibility index (Phi) is 5.26. The number of hydrazine groups is 1. The van der Waals surface area contributed by atoms with E-state index in [1.807, 2.05) is 32.7 Å². The van der Waals surface area contributed by atoms with E-state index in [0.29, 0.717) is 13.0 Å². The summed E-state index contributed by atoms with van der Waals surface area (Å²) < 4.78 is 0. The number of nitrogens with one attached hydrogen (secondary N) is 1. The fourth-order valence-electron chi connectivity index (χ4n) is 1.33. The average Bonchev–Trinajstić information content (AvgIpc) is 2.16. The molecular weight excluding hydrogens is 192 g/mol. The number of hydrogen-bond acceptors (Lipinski definition) is 4. The predicted octanol–water partition coefficient (Wildman–Crippen LogP) is 0.236.